The van der Waals surface area contributed by atoms with Crippen molar-refractivity contribution < 1.29 is 4.79 Å². The molecule has 0 fully saturated rings. The minimum atomic E-state index is -0.203. The standard InChI is InChI=1S/C23H21N3O/c1-15(2)16-10-12-18(13-11-16)24-23(27)22-14-21(25-26-22)20-9-5-7-17-6-3-4-8-19(17)20/h3-15H,1-2H3,(H,24,27)(H,25,26). The van der Waals surface area contributed by atoms with Gasteiger partial charge in [-0.3, -0.25) is 9.89 Å². The molecule has 3 aromatic carbocycles. The summed E-state index contributed by atoms with van der Waals surface area (Å²) in [6.07, 6.45) is 0. The summed E-state index contributed by atoms with van der Waals surface area (Å²) in [4.78, 5) is 12.6. The van der Waals surface area contributed by atoms with Gasteiger partial charge in [0.1, 0.15) is 5.69 Å². The van der Waals surface area contributed by atoms with Crippen LogP contribution in [0.3, 0.4) is 0 Å². The maximum Gasteiger partial charge on any atom is 0.273 e. The molecule has 2 N–H and O–H groups in total. The summed E-state index contributed by atoms with van der Waals surface area (Å²) in [5.74, 6) is 0.261. The molecule has 4 heteroatoms. The Hall–Kier alpha value is -3.40. The third-order valence-electron chi connectivity index (χ3n) is 4.72. The van der Waals surface area contributed by atoms with Crippen LogP contribution in [0.5, 0.6) is 0 Å². The van der Waals surface area contributed by atoms with E-state index in [-0.39, 0.29) is 5.91 Å². The summed E-state index contributed by atoms with van der Waals surface area (Å²) in [6.45, 7) is 4.29. The number of carbonyl (C=O) groups is 1. The van der Waals surface area contributed by atoms with Crippen LogP contribution in [0.25, 0.3) is 22.0 Å². The van der Waals surface area contributed by atoms with Crippen molar-refractivity contribution in [2.45, 2.75) is 19.8 Å². The van der Waals surface area contributed by atoms with Crippen molar-refractivity contribution in [1.29, 1.82) is 0 Å². The molecule has 134 valence electrons. The van der Waals surface area contributed by atoms with E-state index in [4.69, 9.17) is 0 Å². The van der Waals surface area contributed by atoms with Crippen LogP contribution in [0.15, 0.2) is 72.8 Å². The first-order valence-electron chi connectivity index (χ1n) is 9.06. The van der Waals surface area contributed by atoms with Crippen LogP contribution < -0.4 is 5.32 Å². The van der Waals surface area contributed by atoms with Gasteiger partial charge in [0, 0.05) is 11.3 Å². The molecule has 0 aliphatic rings. The molecule has 0 bridgehead atoms. The molecule has 4 aromatic rings. The van der Waals surface area contributed by atoms with Gasteiger partial charge in [-0.2, -0.15) is 5.10 Å². The minimum Gasteiger partial charge on any atom is -0.321 e. The van der Waals surface area contributed by atoms with Crippen LogP contribution in [-0.2, 0) is 0 Å². The van der Waals surface area contributed by atoms with Gasteiger partial charge >= 0.3 is 0 Å². The minimum absolute atomic E-state index is 0.203. The maximum absolute atomic E-state index is 12.6. The highest BCUT2D eigenvalue weighted by atomic mass is 16.1. The molecule has 0 aliphatic carbocycles. The number of benzene rings is 3. The summed E-state index contributed by atoms with van der Waals surface area (Å²) in [6, 6.07) is 24.0. The fraction of sp³-hybridized carbons (Fsp3) is 0.130. The second kappa shape index (κ2) is 7.08. The molecule has 0 saturated carbocycles. The molecule has 0 spiro atoms. The summed E-state index contributed by atoms with van der Waals surface area (Å²) < 4.78 is 0. The van der Waals surface area contributed by atoms with Crippen LogP contribution in [0.1, 0.15) is 35.8 Å². The first kappa shape index (κ1) is 17.0. The number of carbonyl (C=O) groups excluding carboxylic acids is 1. The highest BCUT2D eigenvalue weighted by Crippen LogP contribution is 2.27. The number of anilines is 1. The van der Waals surface area contributed by atoms with Gasteiger partial charge in [-0.1, -0.05) is 68.4 Å². The van der Waals surface area contributed by atoms with Crippen molar-refractivity contribution in [2.24, 2.45) is 0 Å². The maximum atomic E-state index is 12.6. The molecule has 0 saturated heterocycles. The van der Waals surface area contributed by atoms with Crippen LogP contribution in [0, 0.1) is 0 Å². The first-order chi connectivity index (χ1) is 13.1. The molecule has 1 heterocycles. The van der Waals surface area contributed by atoms with Crippen molar-refractivity contribution in [3.8, 4) is 11.3 Å². The quantitative estimate of drug-likeness (QED) is 0.500. The highest BCUT2D eigenvalue weighted by Gasteiger charge is 2.13. The van der Waals surface area contributed by atoms with Gasteiger partial charge in [0.05, 0.1) is 5.69 Å². The van der Waals surface area contributed by atoms with Crippen LogP contribution in [0.4, 0.5) is 5.69 Å². The van der Waals surface area contributed by atoms with E-state index in [0.717, 1.165) is 27.7 Å². The second-order valence-electron chi connectivity index (χ2n) is 6.92. The van der Waals surface area contributed by atoms with Crippen molar-refractivity contribution in [3.63, 3.8) is 0 Å². The molecule has 1 amide bonds. The number of H-pyrrole nitrogens is 1. The normalized spacial score (nSPS) is 11.1. The molecule has 27 heavy (non-hydrogen) atoms. The molecule has 0 radical (unpaired) electrons. The predicted molar refractivity (Wildman–Crippen MR) is 110 cm³/mol. The SMILES string of the molecule is CC(C)c1ccc(NC(=O)c2cc(-c3cccc4ccccc34)n[nH]2)cc1. The van der Waals surface area contributed by atoms with E-state index in [9.17, 15) is 4.79 Å². The third kappa shape index (κ3) is 3.47. The summed E-state index contributed by atoms with van der Waals surface area (Å²) in [5.41, 5.74) is 4.21. The Bertz CT molecular complexity index is 1090. The average molecular weight is 355 g/mol. The van der Waals surface area contributed by atoms with Crippen molar-refractivity contribution in [3.05, 3.63) is 84.1 Å². The van der Waals surface area contributed by atoms with Crippen LogP contribution >= 0.6 is 0 Å². The predicted octanol–water partition coefficient (Wildman–Crippen LogP) is 5.61. The molecule has 0 atom stereocenters. The van der Waals surface area contributed by atoms with E-state index in [0.29, 0.717) is 11.6 Å². The fourth-order valence-corrected chi connectivity index (χ4v) is 3.17. The Morgan fingerprint density at radius 3 is 2.48 bits per heavy atom. The molecule has 4 rings (SSSR count). The number of nitrogens with one attached hydrogen (secondary N) is 2. The number of aromatic amines is 1. The van der Waals surface area contributed by atoms with Gasteiger partial charge in [0.2, 0.25) is 0 Å². The topological polar surface area (TPSA) is 57.8 Å². The monoisotopic (exact) mass is 355 g/mol. The van der Waals surface area contributed by atoms with Gasteiger partial charge < -0.3 is 5.32 Å². The second-order valence-corrected chi connectivity index (χ2v) is 6.92. The summed E-state index contributed by atoms with van der Waals surface area (Å²) in [7, 11) is 0. The van der Waals surface area contributed by atoms with Gasteiger partial charge in [0.15, 0.2) is 0 Å². The third-order valence-corrected chi connectivity index (χ3v) is 4.72. The molecular weight excluding hydrogens is 334 g/mol. The lowest BCUT2D eigenvalue weighted by molar-refractivity contribution is 0.102. The largest absolute Gasteiger partial charge is 0.321 e. The molecular formula is C23H21N3O. The molecule has 0 unspecified atom stereocenters. The fourth-order valence-electron chi connectivity index (χ4n) is 3.17. The van der Waals surface area contributed by atoms with E-state index < -0.39 is 0 Å². The van der Waals surface area contributed by atoms with Crippen molar-refractivity contribution >= 4 is 22.4 Å². The Labute approximate surface area is 158 Å². The van der Waals surface area contributed by atoms with E-state index in [1.165, 1.54) is 5.56 Å². The molecule has 0 aliphatic heterocycles. The number of rotatable bonds is 4. The van der Waals surface area contributed by atoms with E-state index in [2.05, 4.69) is 47.6 Å². The van der Waals surface area contributed by atoms with Gasteiger partial charge in [-0.15, -0.1) is 0 Å². The Kier molecular flexibility index (Phi) is 4.47. The summed E-state index contributed by atoms with van der Waals surface area (Å²) >= 11 is 0. The Balaban J connectivity index is 1.57. The van der Waals surface area contributed by atoms with Gasteiger partial charge in [0.25, 0.3) is 5.91 Å². The number of amides is 1. The number of aromatic nitrogens is 2. The Morgan fingerprint density at radius 2 is 1.70 bits per heavy atom. The first-order valence-corrected chi connectivity index (χ1v) is 9.06. The lowest BCUT2D eigenvalue weighted by atomic mass is 10.0. The van der Waals surface area contributed by atoms with Crippen molar-refractivity contribution in [1.82, 2.24) is 10.2 Å². The number of hydrogen-bond donors (Lipinski definition) is 2. The smallest absolute Gasteiger partial charge is 0.273 e. The van der Waals surface area contributed by atoms with E-state index in [1.54, 1.807) is 6.07 Å². The van der Waals surface area contributed by atoms with E-state index >= 15 is 0 Å². The Morgan fingerprint density at radius 1 is 0.963 bits per heavy atom. The molecule has 1 aromatic heterocycles. The lowest BCUT2D eigenvalue weighted by Gasteiger charge is -2.07. The van der Waals surface area contributed by atoms with Gasteiger partial charge in [-0.05, 0) is 40.5 Å². The number of fused-ring (bicyclic) bond motifs is 1. The van der Waals surface area contributed by atoms with Crippen LogP contribution in [-0.4, -0.2) is 16.1 Å². The number of hydrogen-bond acceptors (Lipinski definition) is 2. The average Bonchev–Trinajstić information content (AvgIpc) is 3.18. The van der Waals surface area contributed by atoms with Crippen LogP contribution in [0.2, 0.25) is 0 Å². The summed E-state index contributed by atoms with van der Waals surface area (Å²) in [5, 5.41) is 12.4. The lowest BCUT2D eigenvalue weighted by Crippen LogP contribution is -2.12. The van der Waals surface area contributed by atoms with E-state index in [1.807, 2.05) is 48.5 Å². The molecule has 4 nitrogen and oxygen atoms in total. The van der Waals surface area contributed by atoms with Crippen molar-refractivity contribution in [2.75, 3.05) is 5.32 Å². The zero-order valence-corrected chi connectivity index (χ0v) is 15.4. The zero-order chi connectivity index (χ0) is 18.8. The zero-order valence-electron chi connectivity index (χ0n) is 15.4. The number of nitrogens with zero attached hydrogens (tertiary/aromatic N) is 1. The highest BCUT2D eigenvalue weighted by molar-refractivity contribution is 6.04. The van der Waals surface area contributed by atoms with Gasteiger partial charge in [-0.25, -0.2) is 0 Å².